The van der Waals surface area contributed by atoms with Crippen molar-refractivity contribution < 1.29 is 0 Å². The number of allylic oxidation sites excluding steroid dienone is 2. The fraction of sp³-hybridized carbons (Fsp3) is 0.857. The van der Waals surface area contributed by atoms with Crippen molar-refractivity contribution in [2.24, 2.45) is 23.7 Å². The first-order valence-corrected chi connectivity index (χ1v) is 6.68. The van der Waals surface area contributed by atoms with Gasteiger partial charge in [-0.3, -0.25) is 0 Å². The van der Waals surface area contributed by atoms with Gasteiger partial charge in [-0.1, -0.05) is 12.2 Å². The lowest BCUT2D eigenvalue weighted by molar-refractivity contribution is 0.295. The van der Waals surface area contributed by atoms with E-state index in [1.807, 2.05) is 0 Å². The summed E-state index contributed by atoms with van der Waals surface area (Å²) in [7, 11) is 0. The van der Waals surface area contributed by atoms with Crippen LogP contribution in [0.4, 0.5) is 0 Å². The lowest BCUT2D eigenvalue weighted by Gasteiger charge is -2.29. The van der Waals surface area contributed by atoms with Gasteiger partial charge >= 0.3 is 0 Å². The summed E-state index contributed by atoms with van der Waals surface area (Å²) >= 11 is 0. The van der Waals surface area contributed by atoms with Crippen LogP contribution in [0.3, 0.4) is 0 Å². The molecule has 0 amide bonds. The van der Waals surface area contributed by atoms with Gasteiger partial charge in [0.1, 0.15) is 0 Å². The third-order valence-corrected chi connectivity index (χ3v) is 4.83. The standard InChI is InChI=1S/C14H23N/c1-9(12-5-6-12)15-10(2)14-8-11-3-4-13(14)7-11/h3-4,9-15H,5-8H2,1-2H3. The zero-order valence-corrected chi connectivity index (χ0v) is 9.95. The molecule has 5 atom stereocenters. The molecule has 0 aromatic rings. The lowest BCUT2D eigenvalue weighted by Crippen LogP contribution is -2.41. The van der Waals surface area contributed by atoms with Crippen molar-refractivity contribution in [1.29, 1.82) is 0 Å². The van der Waals surface area contributed by atoms with E-state index in [0.29, 0.717) is 0 Å². The van der Waals surface area contributed by atoms with E-state index in [1.54, 1.807) is 0 Å². The number of nitrogens with one attached hydrogen (secondary N) is 1. The molecule has 3 aliphatic carbocycles. The second-order valence-electron chi connectivity index (χ2n) is 6.03. The third kappa shape index (κ3) is 1.87. The Morgan fingerprint density at radius 1 is 1.07 bits per heavy atom. The molecule has 0 saturated heterocycles. The molecule has 2 saturated carbocycles. The SMILES string of the molecule is CC(NC(C)C1CC2C=CC1C2)C1CC1. The van der Waals surface area contributed by atoms with E-state index in [0.717, 1.165) is 35.8 Å². The van der Waals surface area contributed by atoms with Crippen molar-refractivity contribution in [2.45, 2.75) is 51.6 Å². The predicted molar refractivity (Wildman–Crippen MR) is 63.6 cm³/mol. The molecule has 0 spiro atoms. The Labute approximate surface area is 93.3 Å². The number of rotatable bonds is 4. The number of hydrogen-bond acceptors (Lipinski definition) is 1. The quantitative estimate of drug-likeness (QED) is 0.696. The van der Waals surface area contributed by atoms with Gasteiger partial charge in [0.15, 0.2) is 0 Å². The molecular formula is C14H23N. The van der Waals surface area contributed by atoms with Gasteiger partial charge in [0.05, 0.1) is 0 Å². The summed E-state index contributed by atoms with van der Waals surface area (Å²) in [4.78, 5) is 0. The van der Waals surface area contributed by atoms with Crippen LogP contribution in [0.25, 0.3) is 0 Å². The Hall–Kier alpha value is -0.300. The van der Waals surface area contributed by atoms with Crippen molar-refractivity contribution in [3.63, 3.8) is 0 Å². The second-order valence-corrected chi connectivity index (χ2v) is 6.03. The first-order chi connectivity index (χ1) is 7.24. The number of hydrogen-bond donors (Lipinski definition) is 1. The summed E-state index contributed by atoms with van der Waals surface area (Å²) in [5, 5.41) is 3.83. The molecule has 3 rings (SSSR count). The minimum atomic E-state index is 0.723. The van der Waals surface area contributed by atoms with E-state index in [9.17, 15) is 0 Å². The van der Waals surface area contributed by atoms with Gasteiger partial charge in [-0.25, -0.2) is 0 Å². The first kappa shape index (κ1) is 9.89. The normalized spacial score (nSPS) is 42.1. The van der Waals surface area contributed by atoms with Gasteiger partial charge in [0.25, 0.3) is 0 Å². The van der Waals surface area contributed by atoms with Crippen molar-refractivity contribution >= 4 is 0 Å². The molecule has 15 heavy (non-hydrogen) atoms. The minimum absolute atomic E-state index is 0.723. The van der Waals surface area contributed by atoms with Gasteiger partial charge in [-0.2, -0.15) is 0 Å². The largest absolute Gasteiger partial charge is 0.311 e. The highest BCUT2D eigenvalue weighted by Crippen LogP contribution is 2.45. The molecule has 3 aliphatic rings. The topological polar surface area (TPSA) is 12.0 Å². The lowest BCUT2D eigenvalue weighted by atomic mass is 9.87. The highest BCUT2D eigenvalue weighted by atomic mass is 15.0. The maximum atomic E-state index is 3.83. The van der Waals surface area contributed by atoms with Gasteiger partial charge in [0, 0.05) is 12.1 Å². The third-order valence-electron chi connectivity index (χ3n) is 4.83. The molecule has 1 N–H and O–H groups in total. The zero-order valence-electron chi connectivity index (χ0n) is 9.95. The van der Waals surface area contributed by atoms with Crippen molar-refractivity contribution in [3.05, 3.63) is 12.2 Å². The van der Waals surface area contributed by atoms with Crippen LogP contribution in [0, 0.1) is 23.7 Å². The minimum Gasteiger partial charge on any atom is -0.311 e. The van der Waals surface area contributed by atoms with Crippen molar-refractivity contribution in [3.8, 4) is 0 Å². The molecule has 0 radical (unpaired) electrons. The van der Waals surface area contributed by atoms with Crippen LogP contribution in [-0.2, 0) is 0 Å². The molecule has 5 unspecified atom stereocenters. The van der Waals surface area contributed by atoms with Gasteiger partial charge in [-0.05, 0) is 63.2 Å². The van der Waals surface area contributed by atoms with Crippen LogP contribution in [0.1, 0.15) is 39.5 Å². The second kappa shape index (κ2) is 3.62. The van der Waals surface area contributed by atoms with Gasteiger partial charge < -0.3 is 5.32 Å². The molecule has 0 heterocycles. The molecule has 0 aliphatic heterocycles. The Morgan fingerprint density at radius 3 is 2.40 bits per heavy atom. The summed E-state index contributed by atoms with van der Waals surface area (Å²) < 4.78 is 0. The Kier molecular flexibility index (Phi) is 2.39. The van der Waals surface area contributed by atoms with E-state index in [4.69, 9.17) is 0 Å². The molecule has 84 valence electrons. The monoisotopic (exact) mass is 205 g/mol. The average Bonchev–Trinajstić information content (AvgIpc) is 2.87. The summed E-state index contributed by atoms with van der Waals surface area (Å²) in [5.74, 6) is 3.71. The summed E-state index contributed by atoms with van der Waals surface area (Å²) in [6.45, 7) is 4.77. The number of fused-ring (bicyclic) bond motifs is 2. The Balaban J connectivity index is 1.55. The van der Waals surface area contributed by atoms with Crippen LogP contribution in [0.2, 0.25) is 0 Å². The van der Waals surface area contributed by atoms with E-state index in [-0.39, 0.29) is 0 Å². The van der Waals surface area contributed by atoms with Crippen LogP contribution < -0.4 is 5.32 Å². The van der Waals surface area contributed by atoms with Crippen LogP contribution in [-0.4, -0.2) is 12.1 Å². The molecule has 2 fully saturated rings. The van der Waals surface area contributed by atoms with E-state index >= 15 is 0 Å². The highest BCUT2D eigenvalue weighted by Gasteiger charge is 2.39. The first-order valence-electron chi connectivity index (χ1n) is 6.68. The van der Waals surface area contributed by atoms with Crippen molar-refractivity contribution in [1.82, 2.24) is 5.32 Å². The smallest absolute Gasteiger partial charge is 0.00754 e. The zero-order chi connectivity index (χ0) is 10.4. The van der Waals surface area contributed by atoms with Crippen LogP contribution in [0.5, 0.6) is 0 Å². The fourth-order valence-electron chi connectivity index (χ4n) is 3.67. The van der Waals surface area contributed by atoms with E-state index in [1.165, 1.54) is 25.7 Å². The van der Waals surface area contributed by atoms with Crippen LogP contribution in [0.15, 0.2) is 12.2 Å². The Morgan fingerprint density at radius 2 is 1.87 bits per heavy atom. The molecule has 1 heteroatoms. The summed E-state index contributed by atoms with van der Waals surface area (Å²) in [5.41, 5.74) is 0. The molecule has 2 bridgehead atoms. The Bertz CT molecular complexity index is 267. The van der Waals surface area contributed by atoms with Gasteiger partial charge in [0.2, 0.25) is 0 Å². The summed E-state index contributed by atoms with van der Waals surface area (Å²) in [6.07, 6.45) is 10.7. The van der Waals surface area contributed by atoms with Gasteiger partial charge in [-0.15, -0.1) is 0 Å². The van der Waals surface area contributed by atoms with Crippen molar-refractivity contribution in [2.75, 3.05) is 0 Å². The molecule has 1 nitrogen and oxygen atoms in total. The molecule has 0 aromatic carbocycles. The van der Waals surface area contributed by atoms with E-state index in [2.05, 4.69) is 31.3 Å². The highest BCUT2D eigenvalue weighted by molar-refractivity contribution is 5.11. The maximum absolute atomic E-state index is 3.83. The van der Waals surface area contributed by atoms with E-state index < -0.39 is 0 Å². The molecular weight excluding hydrogens is 182 g/mol. The molecule has 0 aromatic heterocycles. The maximum Gasteiger partial charge on any atom is 0.00754 e. The predicted octanol–water partition coefficient (Wildman–Crippen LogP) is 2.98. The average molecular weight is 205 g/mol. The summed E-state index contributed by atoms with van der Waals surface area (Å²) in [6, 6.07) is 1.48. The fourth-order valence-corrected chi connectivity index (χ4v) is 3.67. The van der Waals surface area contributed by atoms with Crippen LogP contribution >= 0.6 is 0 Å².